The Labute approximate surface area is 90.4 Å². The van der Waals surface area contributed by atoms with Crippen molar-refractivity contribution in [3.05, 3.63) is 22.2 Å². The van der Waals surface area contributed by atoms with Gasteiger partial charge in [0.25, 0.3) is 0 Å². The van der Waals surface area contributed by atoms with Crippen LogP contribution in [0.3, 0.4) is 0 Å². The molecule has 1 atom stereocenters. The van der Waals surface area contributed by atoms with Gasteiger partial charge in [0.1, 0.15) is 0 Å². The van der Waals surface area contributed by atoms with E-state index in [1.54, 1.807) is 12.1 Å². The molecule has 0 radical (unpaired) electrons. The summed E-state index contributed by atoms with van der Waals surface area (Å²) in [6.07, 6.45) is -0.888. The predicted octanol–water partition coefficient (Wildman–Crippen LogP) is 1.16. The van der Waals surface area contributed by atoms with Crippen LogP contribution in [0.15, 0.2) is 16.6 Å². The number of rotatable bonds is 3. The molecular formula is C9H12BrNO3. The molecule has 0 spiro atoms. The van der Waals surface area contributed by atoms with Gasteiger partial charge >= 0.3 is 0 Å². The van der Waals surface area contributed by atoms with Crippen molar-refractivity contribution in [3.63, 3.8) is 0 Å². The third-order valence-corrected chi connectivity index (χ3v) is 2.33. The maximum Gasteiger partial charge on any atom is 0.163 e. The smallest absolute Gasteiger partial charge is 0.163 e. The Morgan fingerprint density at radius 2 is 2.21 bits per heavy atom. The van der Waals surface area contributed by atoms with E-state index in [0.29, 0.717) is 11.3 Å². The minimum absolute atomic E-state index is 0.0488. The molecule has 1 aromatic carbocycles. The number of hydrogen-bond acceptors (Lipinski definition) is 4. The maximum atomic E-state index is 9.65. The first kappa shape index (κ1) is 11.3. The van der Waals surface area contributed by atoms with Crippen molar-refractivity contribution in [2.45, 2.75) is 6.10 Å². The van der Waals surface area contributed by atoms with Gasteiger partial charge in [-0.3, -0.25) is 0 Å². The molecule has 0 aromatic heterocycles. The van der Waals surface area contributed by atoms with E-state index in [4.69, 9.17) is 10.5 Å². The normalized spacial score (nSPS) is 12.6. The van der Waals surface area contributed by atoms with Crippen LogP contribution in [-0.4, -0.2) is 23.9 Å². The zero-order chi connectivity index (χ0) is 10.7. The molecule has 1 aromatic rings. The number of ether oxygens (including phenoxy) is 1. The summed E-state index contributed by atoms with van der Waals surface area (Å²) in [6.45, 7) is 0.0488. The van der Waals surface area contributed by atoms with Crippen LogP contribution >= 0.6 is 15.9 Å². The molecule has 0 aliphatic carbocycles. The van der Waals surface area contributed by atoms with Gasteiger partial charge in [-0.15, -0.1) is 0 Å². The second-order valence-corrected chi connectivity index (χ2v) is 3.71. The highest BCUT2D eigenvalue weighted by atomic mass is 79.9. The standard InChI is InChI=1S/C9H12BrNO3/c1-14-8-3-5(10)2-6(9(8)13)7(12)4-11/h2-3,7,12-13H,4,11H2,1H3. The highest BCUT2D eigenvalue weighted by Crippen LogP contribution is 2.36. The van der Waals surface area contributed by atoms with E-state index in [1.165, 1.54) is 7.11 Å². The number of aliphatic hydroxyl groups is 1. The van der Waals surface area contributed by atoms with Gasteiger partial charge in [-0.1, -0.05) is 15.9 Å². The van der Waals surface area contributed by atoms with E-state index in [-0.39, 0.29) is 12.3 Å². The molecule has 0 heterocycles. The molecule has 0 aliphatic rings. The van der Waals surface area contributed by atoms with Gasteiger partial charge in [0.15, 0.2) is 11.5 Å². The summed E-state index contributed by atoms with van der Waals surface area (Å²) in [7, 11) is 1.44. The van der Waals surface area contributed by atoms with Crippen molar-refractivity contribution in [3.8, 4) is 11.5 Å². The van der Waals surface area contributed by atoms with Crippen molar-refractivity contribution in [2.24, 2.45) is 5.73 Å². The second-order valence-electron chi connectivity index (χ2n) is 2.80. The summed E-state index contributed by atoms with van der Waals surface area (Å²) in [5, 5.41) is 19.1. The van der Waals surface area contributed by atoms with E-state index in [2.05, 4.69) is 15.9 Å². The number of phenolic OH excluding ortho intramolecular Hbond substituents is 1. The molecule has 0 aliphatic heterocycles. The van der Waals surface area contributed by atoms with Crippen LogP contribution in [0.1, 0.15) is 11.7 Å². The van der Waals surface area contributed by atoms with Crippen molar-refractivity contribution in [1.29, 1.82) is 0 Å². The lowest BCUT2D eigenvalue weighted by molar-refractivity contribution is 0.181. The Balaban J connectivity index is 3.21. The van der Waals surface area contributed by atoms with Gasteiger partial charge in [0, 0.05) is 16.6 Å². The third-order valence-electron chi connectivity index (χ3n) is 1.87. The van der Waals surface area contributed by atoms with Crippen LogP contribution in [0.2, 0.25) is 0 Å². The van der Waals surface area contributed by atoms with E-state index >= 15 is 0 Å². The Hall–Kier alpha value is -0.780. The van der Waals surface area contributed by atoms with E-state index in [9.17, 15) is 10.2 Å². The zero-order valence-corrected chi connectivity index (χ0v) is 9.28. The molecule has 14 heavy (non-hydrogen) atoms. The second kappa shape index (κ2) is 4.63. The maximum absolute atomic E-state index is 9.65. The summed E-state index contributed by atoms with van der Waals surface area (Å²) in [4.78, 5) is 0. The Morgan fingerprint density at radius 3 is 2.71 bits per heavy atom. The van der Waals surface area contributed by atoms with Crippen molar-refractivity contribution in [2.75, 3.05) is 13.7 Å². The molecular weight excluding hydrogens is 250 g/mol. The van der Waals surface area contributed by atoms with Crippen LogP contribution in [0.4, 0.5) is 0 Å². The molecule has 1 unspecified atom stereocenters. The van der Waals surface area contributed by atoms with Gasteiger partial charge in [0.05, 0.1) is 13.2 Å². The van der Waals surface area contributed by atoms with Crippen LogP contribution in [0.5, 0.6) is 11.5 Å². The molecule has 0 bridgehead atoms. The summed E-state index contributed by atoms with van der Waals surface area (Å²) in [5.74, 6) is 0.232. The minimum Gasteiger partial charge on any atom is -0.504 e. The highest BCUT2D eigenvalue weighted by molar-refractivity contribution is 9.10. The molecule has 0 saturated carbocycles. The number of hydrogen-bond donors (Lipinski definition) is 3. The number of aromatic hydroxyl groups is 1. The number of aliphatic hydroxyl groups excluding tert-OH is 1. The van der Waals surface area contributed by atoms with Gasteiger partial charge < -0.3 is 20.7 Å². The fourth-order valence-corrected chi connectivity index (χ4v) is 1.59. The number of halogens is 1. The first-order valence-corrected chi connectivity index (χ1v) is 4.84. The predicted molar refractivity (Wildman–Crippen MR) is 56.4 cm³/mol. The first-order chi connectivity index (χ1) is 6.60. The van der Waals surface area contributed by atoms with E-state index in [1.807, 2.05) is 0 Å². The molecule has 4 nitrogen and oxygen atoms in total. The Kier molecular flexibility index (Phi) is 3.74. The van der Waals surface area contributed by atoms with Crippen molar-refractivity contribution < 1.29 is 14.9 Å². The van der Waals surface area contributed by atoms with Gasteiger partial charge in [-0.25, -0.2) is 0 Å². The highest BCUT2D eigenvalue weighted by Gasteiger charge is 2.15. The molecule has 1 rings (SSSR count). The molecule has 0 fully saturated rings. The Bertz CT molecular complexity index is 330. The molecule has 5 heteroatoms. The van der Waals surface area contributed by atoms with Gasteiger partial charge in [-0.2, -0.15) is 0 Å². The lowest BCUT2D eigenvalue weighted by Gasteiger charge is -2.13. The van der Waals surface area contributed by atoms with Crippen LogP contribution in [0.25, 0.3) is 0 Å². The number of methoxy groups -OCH3 is 1. The molecule has 0 amide bonds. The molecule has 4 N–H and O–H groups in total. The lowest BCUT2D eigenvalue weighted by Crippen LogP contribution is -2.11. The van der Waals surface area contributed by atoms with Gasteiger partial charge in [0.2, 0.25) is 0 Å². The van der Waals surface area contributed by atoms with Crippen molar-refractivity contribution >= 4 is 15.9 Å². The minimum atomic E-state index is -0.888. The number of benzene rings is 1. The molecule has 78 valence electrons. The number of nitrogens with two attached hydrogens (primary N) is 1. The zero-order valence-electron chi connectivity index (χ0n) is 7.70. The van der Waals surface area contributed by atoms with Crippen molar-refractivity contribution in [1.82, 2.24) is 0 Å². The lowest BCUT2D eigenvalue weighted by atomic mass is 10.1. The Morgan fingerprint density at radius 1 is 1.57 bits per heavy atom. The van der Waals surface area contributed by atoms with E-state index in [0.717, 1.165) is 4.47 Å². The third kappa shape index (κ3) is 2.17. The fourth-order valence-electron chi connectivity index (χ4n) is 1.13. The van der Waals surface area contributed by atoms with Crippen LogP contribution in [0, 0.1) is 0 Å². The summed E-state index contributed by atoms with van der Waals surface area (Å²) in [6, 6.07) is 3.22. The summed E-state index contributed by atoms with van der Waals surface area (Å²) in [5.41, 5.74) is 5.66. The first-order valence-electron chi connectivity index (χ1n) is 4.04. The monoisotopic (exact) mass is 261 g/mol. The van der Waals surface area contributed by atoms with Gasteiger partial charge in [-0.05, 0) is 12.1 Å². The van der Waals surface area contributed by atoms with E-state index < -0.39 is 6.10 Å². The fraction of sp³-hybridized carbons (Fsp3) is 0.333. The SMILES string of the molecule is COc1cc(Br)cc(C(O)CN)c1O. The molecule has 0 saturated heterocycles. The average Bonchev–Trinajstić information content (AvgIpc) is 2.19. The van der Waals surface area contributed by atoms with Crippen LogP contribution < -0.4 is 10.5 Å². The summed E-state index contributed by atoms with van der Waals surface area (Å²) >= 11 is 3.24. The largest absolute Gasteiger partial charge is 0.504 e. The summed E-state index contributed by atoms with van der Waals surface area (Å²) < 4.78 is 5.65. The average molecular weight is 262 g/mol. The quantitative estimate of drug-likeness (QED) is 0.763. The topological polar surface area (TPSA) is 75.7 Å². The number of phenols is 1. The van der Waals surface area contributed by atoms with Crippen LogP contribution in [-0.2, 0) is 0 Å².